The highest BCUT2D eigenvalue weighted by molar-refractivity contribution is 6.34. The monoisotopic (exact) mass is 326 g/mol. The minimum absolute atomic E-state index is 0.146. The Bertz CT molecular complexity index is 774. The molecule has 0 aromatic heterocycles. The maximum atomic E-state index is 12.7. The molecular formula is C18H15ClN2O2. The van der Waals surface area contributed by atoms with Gasteiger partial charge in [-0.2, -0.15) is 5.26 Å². The zero-order valence-corrected chi connectivity index (χ0v) is 13.5. The predicted molar refractivity (Wildman–Crippen MR) is 89.3 cm³/mol. The summed E-state index contributed by atoms with van der Waals surface area (Å²) in [4.78, 5) is 14.4. The van der Waals surface area contributed by atoms with Crippen LogP contribution in [0.1, 0.15) is 15.9 Å². The van der Waals surface area contributed by atoms with Gasteiger partial charge in [0.05, 0.1) is 16.7 Å². The molecule has 0 aliphatic rings. The zero-order valence-electron chi connectivity index (χ0n) is 12.8. The third kappa shape index (κ3) is 4.35. The van der Waals surface area contributed by atoms with Gasteiger partial charge in [-0.3, -0.25) is 4.79 Å². The zero-order chi connectivity index (χ0) is 16.8. The normalized spacial score (nSPS) is 10.8. The molecule has 0 atom stereocenters. The summed E-state index contributed by atoms with van der Waals surface area (Å²) in [7, 11) is 3.59. The smallest absolute Gasteiger partial charge is 0.231 e. The Balaban J connectivity index is 2.32. The second-order valence-electron chi connectivity index (χ2n) is 5.00. The van der Waals surface area contributed by atoms with Crippen LogP contribution in [0.2, 0.25) is 5.02 Å². The van der Waals surface area contributed by atoms with Crippen molar-refractivity contribution in [3.63, 3.8) is 0 Å². The molecule has 0 saturated carbocycles. The number of ketones is 1. The highest BCUT2D eigenvalue weighted by atomic mass is 35.5. The van der Waals surface area contributed by atoms with Crippen molar-refractivity contribution >= 4 is 17.4 Å². The van der Waals surface area contributed by atoms with Crippen molar-refractivity contribution in [2.75, 3.05) is 14.1 Å². The molecule has 4 nitrogen and oxygen atoms in total. The molecule has 0 heterocycles. The van der Waals surface area contributed by atoms with E-state index in [1.807, 2.05) is 6.07 Å². The van der Waals surface area contributed by atoms with Crippen LogP contribution in [0.5, 0.6) is 5.75 Å². The quantitative estimate of drug-likeness (QED) is 0.475. The number of hydrogen-bond donors (Lipinski definition) is 0. The number of Topliss-reactive ketones (excluding diaryl/α,β-unsaturated/α-hetero) is 1. The largest absolute Gasteiger partial charge is 0.452 e. The molecule has 0 amide bonds. The van der Waals surface area contributed by atoms with Gasteiger partial charge in [-0.25, -0.2) is 0 Å². The van der Waals surface area contributed by atoms with E-state index in [1.54, 1.807) is 73.7 Å². The lowest BCUT2D eigenvalue weighted by Gasteiger charge is -2.13. The summed E-state index contributed by atoms with van der Waals surface area (Å²) in [5, 5.41) is 9.19. The second kappa shape index (κ2) is 7.48. The summed E-state index contributed by atoms with van der Waals surface area (Å²) >= 11 is 6.09. The van der Waals surface area contributed by atoms with Gasteiger partial charge >= 0.3 is 0 Å². The number of carbonyl (C=O) groups excluding carboxylic acids is 1. The predicted octanol–water partition coefficient (Wildman–Crippen LogP) is 3.88. The summed E-state index contributed by atoms with van der Waals surface area (Å²) in [6.07, 6.45) is 1.59. The lowest BCUT2D eigenvalue weighted by Crippen LogP contribution is -2.15. The Kier molecular flexibility index (Phi) is 5.40. The van der Waals surface area contributed by atoms with Gasteiger partial charge in [0.2, 0.25) is 5.78 Å². The molecule has 0 aliphatic heterocycles. The maximum absolute atomic E-state index is 12.7. The van der Waals surface area contributed by atoms with E-state index < -0.39 is 0 Å². The first kappa shape index (κ1) is 16.6. The van der Waals surface area contributed by atoms with Gasteiger partial charge in [0.1, 0.15) is 5.75 Å². The lowest BCUT2D eigenvalue weighted by atomic mass is 10.1. The molecule has 116 valence electrons. The third-order valence-electron chi connectivity index (χ3n) is 2.93. The number of nitrogens with zero attached hydrogens (tertiary/aromatic N) is 2. The first-order valence-electron chi connectivity index (χ1n) is 6.86. The number of carbonyl (C=O) groups is 1. The number of ether oxygens (including phenoxy) is 1. The fourth-order valence-electron chi connectivity index (χ4n) is 1.87. The molecule has 2 aromatic carbocycles. The minimum atomic E-state index is -0.311. The van der Waals surface area contributed by atoms with Crippen molar-refractivity contribution in [3.05, 3.63) is 76.6 Å². The highest BCUT2D eigenvalue weighted by Gasteiger charge is 2.18. The second-order valence-corrected chi connectivity index (χ2v) is 5.41. The maximum Gasteiger partial charge on any atom is 0.231 e. The van der Waals surface area contributed by atoms with Crippen molar-refractivity contribution in [2.24, 2.45) is 0 Å². The molecule has 0 N–H and O–H groups in total. The lowest BCUT2D eigenvalue weighted by molar-refractivity contribution is 0.0982. The van der Waals surface area contributed by atoms with E-state index in [9.17, 15) is 4.79 Å². The summed E-state index contributed by atoms with van der Waals surface area (Å²) in [5.41, 5.74) is 0.892. The molecule has 0 spiro atoms. The first-order chi connectivity index (χ1) is 11.0. The summed E-state index contributed by atoms with van der Waals surface area (Å²) in [6.45, 7) is 0. The van der Waals surface area contributed by atoms with Gasteiger partial charge in [0, 0.05) is 25.9 Å². The van der Waals surface area contributed by atoms with Gasteiger partial charge in [-0.15, -0.1) is 0 Å². The molecule has 0 saturated heterocycles. The Hall–Kier alpha value is -2.77. The Morgan fingerprint density at radius 3 is 2.39 bits per heavy atom. The van der Waals surface area contributed by atoms with Gasteiger partial charge in [-0.05, 0) is 36.4 Å². The van der Waals surface area contributed by atoms with E-state index in [-0.39, 0.29) is 11.5 Å². The third-order valence-corrected chi connectivity index (χ3v) is 3.26. The van der Waals surface area contributed by atoms with Crippen LogP contribution in [0, 0.1) is 11.3 Å². The van der Waals surface area contributed by atoms with E-state index in [0.29, 0.717) is 21.9 Å². The number of nitriles is 1. The Morgan fingerprint density at radius 2 is 1.83 bits per heavy atom. The average molecular weight is 327 g/mol. The van der Waals surface area contributed by atoms with Gasteiger partial charge in [-0.1, -0.05) is 23.7 Å². The van der Waals surface area contributed by atoms with Gasteiger partial charge in [0.25, 0.3) is 0 Å². The van der Waals surface area contributed by atoms with Gasteiger partial charge in [0.15, 0.2) is 5.76 Å². The Labute approximate surface area is 140 Å². The molecule has 2 aromatic rings. The fraction of sp³-hybridized carbons (Fsp3) is 0.111. The molecule has 0 bridgehead atoms. The van der Waals surface area contributed by atoms with E-state index in [2.05, 4.69) is 0 Å². The molecule has 5 heteroatoms. The van der Waals surface area contributed by atoms with Crippen molar-refractivity contribution in [2.45, 2.75) is 0 Å². The number of halogens is 1. The fourth-order valence-corrected chi connectivity index (χ4v) is 2.09. The minimum Gasteiger partial charge on any atom is -0.452 e. The van der Waals surface area contributed by atoms with Crippen molar-refractivity contribution in [3.8, 4) is 11.8 Å². The van der Waals surface area contributed by atoms with E-state index >= 15 is 0 Å². The first-order valence-corrected chi connectivity index (χ1v) is 7.24. The number of benzene rings is 2. The summed E-state index contributed by atoms with van der Waals surface area (Å²) < 4.78 is 5.70. The molecule has 2 rings (SSSR count). The number of hydrogen-bond acceptors (Lipinski definition) is 4. The summed E-state index contributed by atoms with van der Waals surface area (Å²) in [6, 6.07) is 15.4. The van der Waals surface area contributed by atoms with Crippen molar-refractivity contribution in [1.29, 1.82) is 5.26 Å². The van der Waals surface area contributed by atoms with Crippen molar-refractivity contribution < 1.29 is 9.53 Å². The molecule has 0 aliphatic carbocycles. The SMILES string of the molecule is CN(C)/C=C(\Oc1ccc(C#N)cc1)C(=O)c1ccccc1Cl. The average Bonchev–Trinajstić information content (AvgIpc) is 2.54. The van der Waals surface area contributed by atoms with Crippen molar-refractivity contribution in [1.82, 2.24) is 4.90 Å². The summed E-state index contributed by atoms with van der Waals surface area (Å²) in [5.74, 6) is 0.305. The van der Waals surface area contributed by atoms with E-state index in [4.69, 9.17) is 21.6 Å². The van der Waals surface area contributed by atoms with Crippen LogP contribution in [0.15, 0.2) is 60.5 Å². The van der Waals surface area contributed by atoms with Crippen LogP contribution in [0.4, 0.5) is 0 Å². The number of rotatable bonds is 5. The van der Waals surface area contributed by atoms with Crippen LogP contribution >= 0.6 is 11.6 Å². The van der Waals surface area contributed by atoms with E-state index in [1.165, 1.54) is 0 Å². The molecule has 23 heavy (non-hydrogen) atoms. The topological polar surface area (TPSA) is 53.3 Å². The molecular weight excluding hydrogens is 312 g/mol. The molecule has 0 unspecified atom stereocenters. The molecule has 0 radical (unpaired) electrons. The van der Waals surface area contributed by atoms with Crippen LogP contribution in [-0.4, -0.2) is 24.8 Å². The van der Waals surface area contributed by atoms with Crippen LogP contribution < -0.4 is 4.74 Å². The number of allylic oxidation sites excluding steroid dienone is 1. The van der Waals surface area contributed by atoms with Gasteiger partial charge < -0.3 is 9.64 Å². The van der Waals surface area contributed by atoms with Crippen LogP contribution in [-0.2, 0) is 0 Å². The molecule has 0 fully saturated rings. The Morgan fingerprint density at radius 1 is 1.17 bits per heavy atom. The van der Waals surface area contributed by atoms with Crippen LogP contribution in [0.3, 0.4) is 0 Å². The highest BCUT2D eigenvalue weighted by Crippen LogP contribution is 2.22. The van der Waals surface area contributed by atoms with Crippen LogP contribution in [0.25, 0.3) is 0 Å². The standard InChI is InChI=1S/C18H15ClN2O2/c1-21(2)12-17(18(22)15-5-3-4-6-16(15)19)23-14-9-7-13(11-20)8-10-14/h3-10,12H,1-2H3/b17-12-. The van der Waals surface area contributed by atoms with E-state index in [0.717, 1.165) is 0 Å².